The highest BCUT2D eigenvalue weighted by Gasteiger charge is 2.26. The topological polar surface area (TPSA) is 61.6 Å². The summed E-state index contributed by atoms with van der Waals surface area (Å²) in [7, 11) is 0. The molecule has 3 unspecified atom stereocenters. The minimum atomic E-state index is -0.680. The number of hydrogen-bond donors (Lipinski definition) is 0. The fraction of sp³-hybridized carbons (Fsp3) is 1.00. The molecule has 3 atom stereocenters. The quantitative estimate of drug-likeness (QED) is 0.514. The Labute approximate surface area is 83.5 Å². The van der Waals surface area contributed by atoms with Gasteiger partial charge >= 0.3 is 0 Å². The highest BCUT2D eigenvalue weighted by molar-refractivity contribution is 4.62. The van der Waals surface area contributed by atoms with E-state index in [0.29, 0.717) is 6.61 Å². The van der Waals surface area contributed by atoms with Crippen LogP contribution < -0.4 is 0 Å². The van der Waals surface area contributed by atoms with Crippen LogP contribution in [0.2, 0.25) is 0 Å². The first-order valence-electron chi connectivity index (χ1n) is 5.02. The van der Waals surface area contributed by atoms with Gasteiger partial charge < -0.3 is 9.47 Å². The van der Waals surface area contributed by atoms with Crippen molar-refractivity contribution in [2.24, 2.45) is 0 Å². The summed E-state index contributed by atoms with van der Waals surface area (Å²) >= 11 is 0. The van der Waals surface area contributed by atoms with Crippen LogP contribution in [0.1, 0.15) is 33.1 Å². The summed E-state index contributed by atoms with van der Waals surface area (Å²) in [6.07, 6.45) is 2.33. The van der Waals surface area contributed by atoms with Crippen LogP contribution in [-0.4, -0.2) is 30.0 Å². The Morgan fingerprint density at radius 3 is 2.71 bits per heavy atom. The van der Waals surface area contributed by atoms with Crippen molar-refractivity contribution in [3.8, 4) is 0 Å². The minimum Gasteiger partial charge on any atom is -0.353 e. The Balaban J connectivity index is 2.31. The highest BCUT2D eigenvalue weighted by Crippen LogP contribution is 2.16. The maximum Gasteiger partial charge on any atom is 0.235 e. The molecule has 1 saturated heterocycles. The van der Waals surface area contributed by atoms with Crippen LogP contribution in [0.15, 0.2) is 0 Å². The Morgan fingerprint density at radius 1 is 1.50 bits per heavy atom. The highest BCUT2D eigenvalue weighted by atomic mass is 16.7. The minimum absolute atomic E-state index is 0.249. The second-order valence-electron chi connectivity index (χ2n) is 3.66. The molecule has 1 heterocycles. The monoisotopic (exact) mass is 203 g/mol. The molecule has 0 saturated carbocycles. The smallest absolute Gasteiger partial charge is 0.235 e. The van der Waals surface area contributed by atoms with Crippen LogP contribution in [0.5, 0.6) is 0 Å². The molecule has 82 valence electrons. The van der Waals surface area contributed by atoms with Gasteiger partial charge in [-0.1, -0.05) is 0 Å². The van der Waals surface area contributed by atoms with Crippen molar-refractivity contribution in [1.82, 2.24) is 0 Å². The summed E-state index contributed by atoms with van der Waals surface area (Å²) in [5.41, 5.74) is 0. The van der Waals surface area contributed by atoms with Gasteiger partial charge in [0.1, 0.15) is 6.10 Å². The lowest BCUT2D eigenvalue weighted by Gasteiger charge is -2.26. The van der Waals surface area contributed by atoms with Gasteiger partial charge in [0.05, 0.1) is 0 Å². The normalized spacial score (nSPS) is 26.9. The van der Waals surface area contributed by atoms with Crippen molar-refractivity contribution in [3.63, 3.8) is 0 Å². The zero-order valence-corrected chi connectivity index (χ0v) is 8.64. The van der Waals surface area contributed by atoms with E-state index in [1.54, 1.807) is 13.8 Å². The van der Waals surface area contributed by atoms with E-state index in [0.717, 1.165) is 19.3 Å². The zero-order chi connectivity index (χ0) is 10.6. The van der Waals surface area contributed by atoms with E-state index in [4.69, 9.17) is 9.47 Å². The molecule has 5 nitrogen and oxygen atoms in total. The molecule has 0 radical (unpaired) electrons. The summed E-state index contributed by atoms with van der Waals surface area (Å²) in [6.45, 7) is 3.96. The molecule has 0 bridgehead atoms. The molecular weight excluding hydrogens is 186 g/mol. The van der Waals surface area contributed by atoms with E-state index in [2.05, 4.69) is 0 Å². The molecule has 0 aromatic rings. The van der Waals surface area contributed by atoms with Crippen LogP contribution in [-0.2, 0) is 9.47 Å². The maximum atomic E-state index is 10.5. The summed E-state index contributed by atoms with van der Waals surface area (Å²) in [6, 6.07) is -0.680. The first-order valence-corrected chi connectivity index (χ1v) is 5.02. The summed E-state index contributed by atoms with van der Waals surface area (Å²) in [5, 5.41) is 10.5. The molecule has 5 heteroatoms. The van der Waals surface area contributed by atoms with Crippen molar-refractivity contribution in [2.45, 2.75) is 51.5 Å². The fourth-order valence-electron chi connectivity index (χ4n) is 1.34. The zero-order valence-electron chi connectivity index (χ0n) is 8.64. The third kappa shape index (κ3) is 3.23. The van der Waals surface area contributed by atoms with E-state index in [1.807, 2.05) is 0 Å². The van der Waals surface area contributed by atoms with E-state index >= 15 is 0 Å². The lowest BCUT2D eigenvalue weighted by molar-refractivity contribution is -0.532. The van der Waals surface area contributed by atoms with E-state index in [1.165, 1.54) is 0 Å². The lowest BCUT2D eigenvalue weighted by Crippen LogP contribution is -2.36. The molecule has 0 aliphatic carbocycles. The van der Waals surface area contributed by atoms with Gasteiger partial charge in [0, 0.05) is 18.5 Å². The third-order valence-electron chi connectivity index (χ3n) is 2.52. The number of nitro groups is 1. The Morgan fingerprint density at radius 2 is 2.21 bits per heavy atom. The SMILES string of the molecule is CC(OC1CCCCO1)C(C)[N+](=O)[O-]. The molecule has 1 fully saturated rings. The Hall–Kier alpha value is -0.680. The number of hydrogen-bond acceptors (Lipinski definition) is 4. The van der Waals surface area contributed by atoms with Gasteiger partial charge in [-0.3, -0.25) is 10.1 Å². The Kier molecular flexibility index (Phi) is 4.28. The van der Waals surface area contributed by atoms with Crippen LogP contribution in [0.25, 0.3) is 0 Å². The Bertz CT molecular complexity index is 191. The molecule has 0 amide bonds. The number of nitrogens with zero attached hydrogens (tertiary/aromatic N) is 1. The molecule has 14 heavy (non-hydrogen) atoms. The van der Waals surface area contributed by atoms with Crippen LogP contribution in [0, 0.1) is 10.1 Å². The molecule has 0 N–H and O–H groups in total. The van der Waals surface area contributed by atoms with Gasteiger partial charge in [0.25, 0.3) is 0 Å². The van der Waals surface area contributed by atoms with Gasteiger partial charge in [-0.25, -0.2) is 0 Å². The van der Waals surface area contributed by atoms with Crippen molar-refractivity contribution in [2.75, 3.05) is 6.61 Å². The van der Waals surface area contributed by atoms with Crippen molar-refractivity contribution in [1.29, 1.82) is 0 Å². The first-order chi connectivity index (χ1) is 6.61. The fourth-order valence-corrected chi connectivity index (χ4v) is 1.34. The van der Waals surface area contributed by atoms with E-state index in [9.17, 15) is 10.1 Å². The summed E-state index contributed by atoms with van der Waals surface area (Å²) < 4.78 is 10.8. The van der Waals surface area contributed by atoms with Gasteiger partial charge in [0.2, 0.25) is 6.04 Å². The van der Waals surface area contributed by atoms with Gasteiger partial charge in [-0.05, 0) is 26.2 Å². The first kappa shape index (κ1) is 11.4. The van der Waals surface area contributed by atoms with Gasteiger partial charge in [-0.2, -0.15) is 0 Å². The van der Waals surface area contributed by atoms with Gasteiger partial charge in [0.15, 0.2) is 6.29 Å². The molecule has 1 rings (SSSR count). The predicted molar refractivity (Wildman–Crippen MR) is 50.6 cm³/mol. The van der Waals surface area contributed by atoms with Crippen LogP contribution in [0.4, 0.5) is 0 Å². The molecule has 0 aromatic heterocycles. The average molecular weight is 203 g/mol. The molecular formula is C9H17NO4. The van der Waals surface area contributed by atoms with Crippen molar-refractivity contribution < 1.29 is 14.4 Å². The maximum absolute atomic E-state index is 10.5. The average Bonchev–Trinajstić information content (AvgIpc) is 2.18. The number of rotatable bonds is 4. The number of ether oxygens (including phenoxy) is 2. The molecule has 0 aromatic carbocycles. The summed E-state index contributed by atoms with van der Waals surface area (Å²) in [5.74, 6) is 0. The van der Waals surface area contributed by atoms with E-state index < -0.39 is 12.1 Å². The van der Waals surface area contributed by atoms with Gasteiger partial charge in [-0.15, -0.1) is 0 Å². The lowest BCUT2D eigenvalue weighted by atomic mass is 10.2. The predicted octanol–water partition coefficient (Wildman–Crippen LogP) is 1.58. The van der Waals surface area contributed by atoms with Crippen molar-refractivity contribution in [3.05, 3.63) is 10.1 Å². The third-order valence-corrected chi connectivity index (χ3v) is 2.52. The van der Waals surface area contributed by atoms with E-state index in [-0.39, 0.29) is 11.2 Å². The summed E-state index contributed by atoms with van der Waals surface area (Å²) in [4.78, 5) is 10.1. The largest absolute Gasteiger partial charge is 0.353 e. The second kappa shape index (κ2) is 5.26. The van der Waals surface area contributed by atoms with Crippen molar-refractivity contribution >= 4 is 0 Å². The van der Waals surface area contributed by atoms with Crippen LogP contribution in [0.3, 0.4) is 0 Å². The standard InChI is InChI=1S/C9H17NO4/c1-7(10(11)12)8(2)14-9-5-3-4-6-13-9/h7-9H,3-6H2,1-2H3. The van der Waals surface area contributed by atoms with Crippen LogP contribution >= 0.6 is 0 Å². The molecule has 1 aliphatic heterocycles. The molecule has 0 spiro atoms. The second-order valence-corrected chi connectivity index (χ2v) is 3.66. The molecule has 1 aliphatic rings.